The van der Waals surface area contributed by atoms with Gasteiger partial charge in [-0.15, -0.1) is 0 Å². The van der Waals surface area contributed by atoms with Crippen molar-refractivity contribution in [3.05, 3.63) is 47.2 Å². The summed E-state index contributed by atoms with van der Waals surface area (Å²) < 4.78 is 10.7. The number of hydrogen-bond acceptors (Lipinski definition) is 3. The van der Waals surface area contributed by atoms with E-state index in [-0.39, 0.29) is 5.91 Å². The quantitative estimate of drug-likeness (QED) is 0.805. The number of aromatic amines is 1. The Morgan fingerprint density at radius 1 is 1.35 bits per heavy atom. The van der Waals surface area contributed by atoms with Crippen molar-refractivity contribution >= 4 is 17.5 Å². The Bertz CT molecular complexity index is 583. The molecule has 106 valence electrons. The van der Waals surface area contributed by atoms with Gasteiger partial charge in [-0.3, -0.25) is 4.79 Å². The molecule has 1 heterocycles. The molecule has 0 atom stereocenters. The zero-order valence-corrected chi connectivity index (χ0v) is 11.7. The summed E-state index contributed by atoms with van der Waals surface area (Å²) in [6, 6.07) is 8.91. The zero-order valence-electron chi connectivity index (χ0n) is 11.0. The van der Waals surface area contributed by atoms with Crippen LogP contribution in [-0.2, 0) is 0 Å². The van der Waals surface area contributed by atoms with Crippen LogP contribution in [0.2, 0.25) is 5.02 Å². The van der Waals surface area contributed by atoms with Crippen molar-refractivity contribution < 1.29 is 14.3 Å². The molecule has 0 saturated carbocycles. The third-order valence-corrected chi connectivity index (χ3v) is 2.82. The van der Waals surface area contributed by atoms with Gasteiger partial charge in [-0.2, -0.15) is 0 Å². The van der Waals surface area contributed by atoms with Crippen LogP contribution in [0.3, 0.4) is 0 Å². The molecule has 0 saturated heterocycles. The highest BCUT2D eigenvalue weighted by Gasteiger charge is 2.07. The number of halogens is 1. The summed E-state index contributed by atoms with van der Waals surface area (Å²) >= 11 is 5.73. The van der Waals surface area contributed by atoms with Crippen LogP contribution in [0.5, 0.6) is 11.5 Å². The number of rotatable bonds is 6. The molecule has 0 spiro atoms. The van der Waals surface area contributed by atoms with Crippen LogP contribution in [0.15, 0.2) is 36.5 Å². The maximum absolute atomic E-state index is 11.7. The minimum Gasteiger partial charge on any atom is -0.493 e. The summed E-state index contributed by atoms with van der Waals surface area (Å²) in [6.45, 7) is 0.730. The molecule has 0 bridgehead atoms. The second kappa shape index (κ2) is 6.86. The van der Waals surface area contributed by atoms with Crippen LogP contribution in [-0.4, -0.2) is 31.2 Å². The van der Waals surface area contributed by atoms with Gasteiger partial charge >= 0.3 is 0 Å². The molecule has 0 aliphatic rings. The fourth-order valence-electron chi connectivity index (χ4n) is 1.66. The molecule has 0 aliphatic carbocycles. The van der Waals surface area contributed by atoms with Crippen molar-refractivity contribution in [3.63, 3.8) is 0 Å². The van der Waals surface area contributed by atoms with Crippen LogP contribution in [0, 0.1) is 0 Å². The van der Waals surface area contributed by atoms with Crippen molar-refractivity contribution in [2.24, 2.45) is 0 Å². The topological polar surface area (TPSA) is 63.4 Å². The third kappa shape index (κ3) is 3.68. The van der Waals surface area contributed by atoms with E-state index in [4.69, 9.17) is 21.1 Å². The van der Waals surface area contributed by atoms with Crippen LogP contribution >= 0.6 is 11.6 Å². The van der Waals surface area contributed by atoms with Crippen molar-refractivity contribution in [1.29, 1.82) is 0 Å². The van der Waals surface area contributed by atoms with Gasteiger partial charge in [-0.25, -0.2) is 0 Å². The van der Waals surface area contributed by atoms with Gasteiger partial charge in [0.1, 0.15) is 12.3 Å². The summed E-state index contributed by atoms with van der Waals surface area (Å²) in [5.74, 6) is 1.09. The Morgan fingerprint density at radius 2 is 2.10 bits per heavy atom. The molecule has 0 radical (unpaired) electrons. The molecule has 2 N–H and O–H groups in total. The van der Waals surface area contributed by atoms with Gasteiger partial charge in [0.25, 0.3) is 5.91 Å². The van der Waals surface area contributed by atoms with Crippen LogP contribution in [0.1, 0.15) is 10.5 Å². The first kappa shape index (κ1) is 14.3. The number of methoxy groups -OCH3 is 1. The number of carbonyl (C=O) groups is 1. The Morgan fingerprint density at radius 3 is 2.75 bits per heavy atom. The van der Waals surface area contributed by atoms with Gasteiger partial charge in [0.2, 0.25) is 0 Å². The predicted molar refractivity (Wildman–Crippen MR) is 76.6 cm³/mol. The minimum absolute atomic E-state index is 0.222. The lowest BCUT2D eigenvalue weighted by Gasteiger charge is -2.10. The largest absolute Gasteiger partial charge is 0.493 e. The molecule has 2 rings (SSSR count). The number of para-hydroxylation sites is 2. The maximum Gasteiger partial charge on any atom is 0.267 e. The number of aromatic nitrogens is 1. The van der Waals surface area contributed by atoms with E-state index < -0.39 is 0 Å². The van der Waals surface area contributed by atoms with E-state index in [1.165, 1.54) is 0 Å². The standard InChI is InChI=1S/C14H15ClN2O3/c1-19-12-4-2-3-5-13(12)20-7-6-16-14(18)11-8-10(15)9-17-11/h2-5,8-9,17H,6-7H2,1H3,(H,16,18). The first-order valence-corrected chi connectivity index (χ1v) is 6.46. The molecule has 0 unspecified atom stereocenters. The van der Waals surface area contributed by atoms with Crippen molar-refractivity contribution in [1.82, 2.24) is 10.3 Å². The Balaban J connectivity index is 1.78. The van der Waals surface area contributed by atoms with E-state index in [0.717, 1.165) is 0 Å². The molecule has 2 aromatic rings. The summed E-state index contributed by atoms with van der Waals surface area (Å²) in [7, 11) is 1.58. The summed E-state index contributed by atoms with van der Waals surface area (Å²) in [5, 5.41) is 3.23. The number of hydrogen-bond donors (Lipinski definition) is 2. The average molecular weight is 295 g/mol. The Kier molecular flexibility index (Phi) is 4.90. The lowest BCUT2D eigenvalue weighted by molar-refractivity contribution is 0.0942. The van der Waals surface area contributed by atoms with Gasteiger partial charge in [-0.1, -0.05) is 23.7 Å². The fourth-order valence-corrected chi connectivity index (χ4v) is 1.82. The number of ether oxygens (including phenoxy) is 2. The number of benzene rings is 1. The highest BCUT2D eigenvalue weighted by atomic mass is 35.5. The summed E-state index contributed by atoms with van der Waals surface area (Å²) in [6.07, 6.45) is 1.56. The molecule has 0 aliphatic heterocycles. The maximum atomic E-state index is 11.7. The molecule has 20 heavy (non-hydrogen) atoms. The second-order valence-corrected chi connectivity index (χ2v) is 4.42. The SMILES string of the molecule is COc1ccccc1OCCNC(=O)c1cc(Cl)c[nH]1. The van der Waals surface area contributed by atoms with Gasteiger partial charge < -0.3 is 19.8 Å². The first-order chi connectivity index (χ1) is 9.70. The first-order valence-electron chi connectivity index (χ1n) is 6.08. The summed E-state index contributed by atoms with van der Waals surface area (Å²) in [5.41, 5.74) is 0.423. The molecule has 6 heteroatoms. The van der Waals surface area contributed by atoms with Gasteiger partial charge in [0.05, 0.1) is 18.7 Å². The Hall–Kier alpha value is -2.14. The molecular formula is C14H15ClN2O3. The number of amides is 1. The van der Waals surface area contributed by atoms with Gasteiger partial charge in [-0.05, 0) is 18.2 Å². The number of nitrogens with one attached hydrogen (secondary N) is 2. The summed E-state index contributed by atoms with van der Waals surface area (Å²) in [4.78, 5) is 14.5. The smallest absolute Gasteiger partial charge is 0.267 e. The fraction of sp³-hybridized carbons (Fsp3) is 0.214. The normalized spacial score (nSPS) is 10.1. The lowest BCUT2D eigenvalue weighted by atomic mass is 10.3. The van der Waals surface area contributed by atoms with Crippen LogP contribution < -0.4 is 14.8 Å². The third-order valence-electron chi connectivity index (χ3n) is 2.61. The average Bonchev–Trinajstić information content (AvgIpc) is 2.90. The Labute approximate surface area is 121 Å². The van der Waals surface area contributed by atoms with E-state index in [2.05, 4.69) is 10.3 Å². The van der Waals surface area contributed by atoms with Crippen molar-refractivity contribution in [2.75, 3.05) is 20.3 Å². The monoisotopic (exact) mass is 294 g/mol. The molecule has 0 fully saturated rings. The molecule has 1 aromatic heterocycles. The van der Waals surface area contributed by atoms with E-state index in [1.54, 1.807) is 19.4 Å². The second-order valence-electron chi connectivity index (χ2n) is 3.99. The molecular weight excluding hydrogens is 280 g/mol. The highest BCUT2D eigenvalue weighted by molar-refractivity contribution is 6.30. The molecule has 5 nitrogen and oxygen atoms in total. The number of H-pyrrole nitrogens is 1. The highest BCUT2D eigenvalue weighted by Crippen LogP contribution is 2.25. The van der Waals surface area contributed by atoms with Gasteiger partial charge in [0, 0.05) is 6.20 Å². The zero-order chi connectivity index (χ0) is 14.4. The van der Waals surface area contributed by atoms with E-state index in [0.29, 0.717) is 35.4 Å². The minimum atomic E-state index is -0.222. The van der Waals surface area contributed by atoms with Crippen molar-refractivity contribution in [2.45, 2.75) is 0 Å². The number of carbonyl (C=O) groups excluding carboxylic acids is 1. The van der Waals surface area contributed by atoms with E-state index >= 15 is 0 Å². The predicted octanol–water partition coefficient (Wildman–Crippen LogP) is 2.49. The van der Waals surface area contributed by atoms with E-state index in [9.17, 15) is 4.79 Å². The van der Waals surface area contributed by atoms with Crippen LogP contribution in [0.25, 0.3) is 0 Å². The van der Waals surface area contributed by atoms with E-state index in [1.807, 2.05) is 24.3 Å². The van der Waals surface area contributed by atoms with Crippen LogP contribution in [0.4, 0.5) is 0 Å². The lowest BCUT2D eigenvalue weighted by Crippen LogP contribution is -2.28. The molecule has 1 amide bonds. The van der Waals surface area contributed by atoms with Gasteiger partial charge in [0.15, 0.2) is 11.5 Å². The van der Waals surface area contributed by atoms with Crippen molar-refractivity contribution in [3.8, 4) is 11.5 Å². The molecule has 1 aromatic carbocycles.